The molecule has 0 aliphatic heterocycles. The average Bonchev–Trinajstić information content (AvgIpc) is 3.77. The lowest BCUT2D eigenvalue weighted by Crippen LogP contribution is -1.95. The minimum atomic E-state index is 1.17. The van der Waals surface area contributed by atoms with E-state index in [9.17, 15) is 0 Å². The van der Waals surface area contributed by atoms with Gasteiger partial charge in [0.25, 0.3) is 0 Å². The molecule has 0 radical (unpaired) electrons. The molecular weight excluding hydrogens is 565 g/mol. The highest BCUT2D eigenvalue weighted by Gasteiger charge is 2.26. The SMILES string of the molecule is c1ccc(-c2ccc(-n3c4ccccc4c4c5c6ccccc6n(-c6ccccc6)c5c5c6ccccc6sc5c43)cc2)cc1. The van der Waals surface area contributed by atoms with Crippen LogP contribution in [0.2, 0.25) is 0 Å². The second kappa shape index (κ2) is 9.43. The van der Waals surface area contributed by atoms with Crippen molar-refractivity contribution in [2.24, 2.45) is 0 Å². The maximum atomic E-state index is 2.51. The quantitative estimate of drug-likeness (QED) is 0.194. The average molecular weight is 591 g/mol. The number of benzene rings is 7. The molecule has 0 saturated carbocycles. The molecule has 10 rings (SSSR count). The van der Waals surface area contributed by atoms with Crippen molar-refractivity contribution in [2.75, 3.05) is 0 Å². The number of rotatable bonds is 3. The van der Waals surface area contributed by atoms with Crippen molar-refractivity contribution in [2.45, 2.75) is 0 Å². The van der Waals surface area contributed by atoms with E-state index in [4.69, 9.17) is 0 Å². The van der Waals surface area contributed by atoms with Crippen molar-refractivity contribution in [1.82, 2.24) is 9.13 Å². The molecule has 10 aromatic rings. The van der Waals surface area contributed by atoms with Crippen molar-refractivity contribution < 1.29 is 0 Å². The molecule has 2 nitrogen and oxygen atoms in total. The smallest absolute Gasteiger partial charge is 0.0727 e. The zero-order valence-electron chi connectivity index (χ0n) is 24.3. The normalized spacial score (nSPS) is 12.0. The predicted octanol–water partition coefficient (Wildman–Crippen LogP) is 11.9. The van der Waals surface area contributed by atoms with E-state index in [1.807, 2.05) is 11.3 Å². The molecule has 0 N–H and O–H groups in total. The Bertz CT molecular complexity index is 2730. The molecule has 0 unspecified atom stereocenters. The maximum absolute atomic E-state index is 2.51. The van der Waals surface area contributed by atoms with E-state index in [0.717, 1.165) is 0 Å². The lowest BCUT2D eigenvalue weighted by molar-refractivity contribution is 1.18. The molecule has 7 aromatic carbocycles. The molecule has 0 aliphatic rings. The third kappa shape index (κ3) is 3.44. The van der Waals surface area contributed by atoms with Crippen LogP contribution in [-0.2, 0) is 0 Å². The number of para-hydroxylation sites is 3. The largest absolute Gasteiger partial charge is 0.309 e. The molecule has 210 valence electrons. The summed E-state index contributed by atoms with van der Waals surface area (Å²) in [5.41, 5.74) is 9.82. The van der Waals surface area contributed by atoms with Gasteiger partial charge in [-0.15, -0.1) is 11.3 Å². The Hall–Kier alpha value is -5.64. The number of nitrogens with zero attached hydrogens (tertiary/aromatic N) is 2. The van der Waals surface area contributed by atoms with Crippen molar-refractivity contribution in [1.29, 1.82) is 0 Å². The van der Waals surface area contributed by atoms with Gasteiger partial charge in [0.2, 0.25) is 0 Å². The van der Waals surface area contributed by atoms with Gasteiger partial charge in [-0.1, -0.05) is 115 Å². The van der Waals surface area contributed by atoms with Crippen LogP contribution in [0.3, 0.4) is 0 Å². The van der Waals surface area contributed by atoms with E-state index in [1.54, 1.807) is 0 Å². The number of hydrogen-bond donors (Lipinski definition) is 0. The predicted molar refractivity (Wildman–Crippen MR) is 193 cm³/mol. The molecule has 0 saturated heterocycles. The summed E-state index contributed by atoms with van der Waals surface area (Å²) in [6.45, 7) is 0. The Morgan fingerprint density at radius 1 is 0.356 bits per heavy atom. The standard InChI is InChI=1S/C42H26N2S/c1-3-13-27(14-4-1)28-23-25-30(26-24-28)44-35-21-11-8-18-32(35)38-37-31-17-7-10-20-34(31)43(29-15-5-2-6-16-29)40(37)39-33-19-9-12-22-36(33)45-42(39)41(38)44/h1-26H. The Morgan fingerprint density at radius 3 is 1.53 bits per heavy atom. The minimum Gasteiger partial charge on any atom is -0.309 e. The third-order valence-corrected chi connectivity index (χ3v) is 10.5. The van der Waals surface area contributed by atoms with Gasteiger partial charge < -0.3 is 9.13 Å². The van der Waals surface area contributed by atoms with Gasteiger partial charge in [0, 0.05) is 48.4 Å². The first kappa shape index (κ1) is 24.8. The van der Waals surface area contributed by atoms with Crippen LogP contribution in [-0.4, -0.2) is 9.13 Å². The Kier molecular flexibility index (Phi) is 5.19. The molecule has 0 aliphatic carbocycles. The van der Waals surface area contributed by atoms with Gasteiger partial charge in [-0.25, -0.2) is 0 Å². The summed E-state index contributed by atoms with van der Waals surface area (Å²) in [6, 6.07) is 57.3. The van der Waals surface area contributed by atoms with Crippen LogP contribution in [0, 0.1) is 0 Å². The van der Waals surface area contributed by atoms with E-state index in [-0.39, 0.29) is 0 Å². The van der Waals surface area contributed by atoms with Gasteiger partial charge in [0.1, 0.15) is 0 Å². The number of thiophene rings is 1. The molecule has 3 heterocycles. The monoisotopic (exact) mass is 590 g/mol. The van der Waals surface area contributed by atoms with E-state index in [1.165, 1.54) is 86.3 Å². The minimum absolute atomic E-state index is 1.17. The van der Waals surface area contributed by atoms with Crippen LogP contribution in [0.15, 0.2) is 158 Å². The molecule has 3 heteroatoms. The molecule has 0 atom stereocenters. The first-order valence-corrected chi connectivity index (χ1v) is 16.2. The molecule has 45 heavy (non-hydrogen) atoms. The summed E-state index contributed by atoms with van der Waals surface area (Å²) in [5, 5.41) is 7.82. The van der Waals surface area contributed by atoms with Crippen LogP contribution >= 0.6 is 11.3 Å². The van der Waals surface area contributed by atoms with Crippen molar-refractivity contribution in [3.63, 3.8) is 0 Å². The summed E-state index contributed by atoms with van der Waals surface area (Å²) in [6.07, 6.45) is 0. The summed E-state index contributed by atoms with van der Waals surface area (Å²) in [5.74, 6) is 0. The van der Waals surface area contributed by atoms with Crippen LogP contribution in [0.5, 0.6) is 0 Å². The highest BCUT2D eigenvalue weighted by Crippen LogP contribution is 2.51. The van der Waals surface area contributed by atoms with Gasteiger partial charge in [0.15, 0.2) is 0 Å². The fourth-order valence-corrected chi connectivity index (χ4v) is 8.68. The van der Waals surface area contributed by atoms with Crippen LogP contribution in [0.4, 0.5) is 0 Å². The Labute approximate surface area is 263 Å². The lowest BCUT2D eigenvalue weighted by Gasteiger charge is -2.12. The first-order valence-electron chi connectivity index (χ1n) is 15.4. The topological polar surface area (TPSA) is 9.86 Å². The van der Waals surface area contributed by atoms with Gasteiger partial charge >= 0.3 is 0 Å². The summed E-state index contributed by atoms with van der Waals surface area (Å²) < 4.78 is 7.63. The van der Waals surface area contributed by atoms with Crippen molar-refractivity contribution in [3.8, 4) is 22.5 Å². The maximum Gasteiger partial charge on any atom is 0.0727 e. The fraction of sp³-hybridized carbons (Fsp3) is 0. The number of aromatic nitrogens is 2. The van der Waals surface area contributed by atoms with Gasteiger partial charge in [-0.05, 0) is 53.6 Å². The first-order chi connectivity index (χ1) is 22.4. The zero-order valence-corrected chi connectivity index (χ0v) is 25.1. The highest BCUT2D eigenvalue weighted by molar-refractivity contribution is 7.27. The van der Waals surface area contributed by atoms with Crippen LogP contribution in [0.1, 0.15) is 0 Å². The fourth-order valence-electron chi connectivity index (χ4n) is 7.43. The second-order valence-electron chi connectivity index (χ2n) is 11.7. The van der Waals surface area contributed by atoms with E-state index < -0.39 is 0 Å². The van der Waals surface area contributed by atoms with Crippen molar-refractivity contribution >= 4 is 75.1 Å². The van der Waals surface area contributed by atoms with E-state index >= 15 is 0 Å². The molecular formula is C42H26N2S. The summed E-state index contributed by atoms with van der Waals surface area (Å²) >= 11 is 1.91. The van der Waals surface area contributed by atoms with Gasteiger partial charge in [0.05, 0.1) is 26.8 Å². The third-order valence-electron chi connectivity index (χ3n) is 9.29. The van der Waals surface area contributed by atoms with E-state index in [0.29, 0.717) is 0 Å². The molecule has 0 spiro atoms. The molecule has 0 amide bonds. The zero-order chi connectivity index (χ0) is 29.5. The summed E-state index contributed by atoms with van der Waals surface area (Å²) in [7, 11) is 0. The lowest BCUT2D eigenvalue weighted by atomic mass is 10.0. The Morgan fingerprint density at radius 2 is 0.844 bits per heavy atom. The number of fused-ring (bicyclic) bond motifs is 12. The Balaban J connectivity index is 1.45. The van der Waals surface area contributed by atoms with Gasteiger partial charge in [-0.2, -0.15) is 0 Å². The second-order valence-corrected chi connectivity index (χ2v) is 12.8. The van der Waals surface area contributed by atoms with Crippen molar-refractivity contribution in [3.05, 3.63) is 158 Å². The summed E-state index contributed by atoms with van der Waals surface area (Å²) in [4.78, 5) is 0. The van der Waals surface area contributed by atoms with Gasteiger partial charge in [-0.3, -0.25) is 0 Å². The van der Waals surface area contributed by atoms with Crippen LogP contribution in [0.25, 0.3) is 86.3 Å². The molecule has 0 bridgehead atoms. The molecule has 0 fully saturated rings. The van der Waals surface area contributed by atoms with Crippen LogP contribution < -0.4 is 0 Å². The van der Waals surface area contributed by atoms with E-state index in [2.05, 4.69) is 167 Å². The molecule has 3 aromatic heterocycles. The number of hydrogen-bond acceptors (Lipinski definition) is 1. The highest BCUT2D eigenvalue weighted by atomic mass is 32.1.